The van der Waals surface area contributed by atoms with Crippen LogP contribution in [0, 0.1) is 41.7 Å². The van der Waals surface area contributed by atoms with Crippen molar-refractivity contribution in [3.63, 3.8) is 0 Å². The van der Waals surface area contributed by atoms with Gasteiger partial charge in [0.2, 0.25) is 5.91 Å². The van der Waals surface area contributed by atoms with E-state index in [0.717, 1.165) is 47.7 Å². The number of aromatic nitrogens is 5. The number of amides is 4. The predicted octanol–water partition coefficient (Wildman–Crippen LogP) is 6.82. The number of nitrogens with zero attached hydrogens (tertiary/aromatic N) is 9. The number of piperazine rings is 1. The largest absolute Gasteiger partial charge is 0.461 e. The van der Waals surface area contributed by atoms with E-state index >= 15 is 8.78 Å². The van der Waals surface area contributed by atoms with Gasteiger partial charge in [-0.3, -0.25) is 29.6 Å². The number of carbonyl (C=O) groups is 3. The molecule has 16 nitrogen and oxygen atoms in total. The first kappa shape index (κ1) is 46.4. The molecular weight excluding hydrogens is 933 g/mol. The van der Waals surface area contributed by atoms with E-state index in [-0.39, 0.29) is 85.0 Å². The minimum absolute atomic E-state index is 0.00102. The summed E-state index contributed by atoms with van der Waals surface area (Å²) in [4.78, 5) is 59.8. The SMILES string of the molecule is C#Cc1c(F)ccc2cccc(-c3ncc4c(N5CC6CCC(C5)N6)nc(OC[C@@]56CC[C@@H](COC(=O)N7CCC(C#Cc8ccc9c(N%10CCC(=O)NC%10=O)nn(C)c9c8)CC7)N5CC(=C)C6)nc4c3F)c12. The molecule has 6 aromatic rings. The summed E-state index contributed by atoms with van der Waals surface area (Å²) in [5.74, 6) is 8.77. The van der Waals surface area contributed by atoms with Gasteiger partial charge in [0, 0.05) is 105 Å². The van der Waals surface area contributed by atoms with Crippen LogP contribution in [0.5, 0.6) is 6.01 Å². The molecule has 6 aliphatic heterocycles. The molecular formula is C55H53F2N11O5. The van der Waals surface area contributed by atoms with Gasteiger partial charge in [0.05, 0.1) is 22.0 Å². The monoisotopic (exact) mass is 985 g/mol. The topological polar surface area (TPSA) is 163 Å². The van der Waals surface area contributed by atoms with Crippen molar-refractivity contribution in [2.24, 2.45) is 13.0 Å². The van der Waals surface area contributed by atoms with E-state index in [1.807, 2.05) is 25.2 Å². The number of carbonyl (C=O) groups excluding carboxylic acids is 3. The van der Waals surface area contributed by atoms with Crippen LogP contribution in [-0.2, 0) is 16.6 Å². The number of terminal acetylenes is 1. The van der Waals surface area contributed by atoms with Gasteiger partial charge in [-0.05, 0) is 74.6 Å². The molecule has 18 heteroatoms. The quantitative estimate of drug-likeness (QED) is 0.121. The van der Waals surface area contributed by atoms with E-state index in [4.69, 9.17) is 25.9 Å². The number of benzene rings is 3. The van der Waals surface area contributed by atoms with E-state index in [1.165, 1.54) is 11.0 Å². The maximum Gasteiger partial charge on any atom is 0.409 e. The zero-order valence-electron chi connectivity index (χ0n) is 40.4. The Labute approximate surface area is 420 Å². The number of piperidine rings is 1. The molecule has 2 unspecified atom stereocenters. The van der Waals surface area contributed by atoms with E-state index in [9.17, 15) is 14.4 Å². The average Bonchev–Trinajstić information content (AvgIpc) is 4.12. The Morgan fingerprint density at radius 2 is 1.81 bits per heavy atom. The highest BCUT2D eigenvalue weighted by molar-refractivity contribution is 6.09. The van der Waals surface area contributed by atoms with Gasteiger partial charge in [0.25, 0.3) is 0 Å². The van der Waals surface area contributed by atoms with Crippen LogP contribution >= 0.6 is 0 Å². The Morgan fingerprint density at radius 1 is 0.986 bits per heavy atom. The fourth-order valence-electron chi connectivity index (χ4n) is 12.1. The lowest BCUT2D eigenvalue weighted by Gasteiger charge is -2.35. The second kappa shape index (κ2) is 18.4. The second-order valence-corrected chi connectivity index (χ2v) is 20.3. The fourth-order valence-corrected chi connectivity index (χ4v) is 12.1. The summed E-state index contributed by atoms with van der Waals surface area (Å²) in [6.07, 6.45) is 13.0. The van der Waals surface area contributed by atoms with E-state index in [0.29, 0.717) is 85.3 Å². The molecule has 73 heavy (non-hydrogen) atoms. The number of hydrogen-bond acceptors (Lipinski definition) is 12. The van der Waals surface area contributed by atoms with Crippen LogP contribution in [0.15, 0.2) is 66.9 Å². The Bertz CT molecular complexity index is 3400. The number of likely N-dealkylation sites (tertiary alicyclic amines) is 1. The average molecular weight is 986 g/mol. The highest BCUT2D eigenvalue weighted by atomic mass is 19.1. The molecule has 0 saturated carbocycles. The van der Waals surface area contributed by atoms with Crippen LogP contribution in [0.3, 0.4) is 0 Å². The zero-order valence-corrected chi connectivity index (χ0v) is 40.4. The Hall–Kier alpha value is -7.67. The van der Waals surface area contributed by atoms with Gasteiger partial charge in [0.1, 0.15) is 36.1 Å². The lowest BCUT2D eigenvalue weighted by Crippen LogP contribution is -2.51. The number of fused-ring (bicyclic) bond motifs is 6. The van der Waals surface area contributed by atoms with Crippen molar-refractivity contribution in [2.75, 3.05) is 62.3 Å². The smallest absolute Gasteiger partial charge is 0.409 e. The van der Waals surface area contributed by atoms with Gasteiger partial charge in [-0.25, -0.2) is 18.4 Å². The van der Waals surface area contributed by atoms with Crippen molar-refractivity contribution in [1.29, 1.82) is 0 Å². The zero-order chi connectivity index (χ0) is 50.1. The maximum absolute atomic E-state index is 17.2. The lowest BCUT2D eigenvalue weighted by molar-refractivity contribution is -0.120. The predicted molar refractivity (Wildman–Crippen MR) is 271 cm³/mol. The Morgan fingerprint density at radius 3 is 2.60 bits per heavy atom. The molecule has 372 valence electrons. The molecule has 6 fully saturated rings. The van der Waals surface area contributed by atoms with Gasteiger partial charge < -0.3 is 24.6 Å². The summed E-state index contributed by atoms with van der Waals surface area (Å²) < 4.78 is 46.6. The Balaban J connectivity index is 0.718. The molecule has 2 bridgehead atoms. The third-order valence-corrected chi connectivity index (χ3v) is 15.7. The maximum atomic E-state index is 17.2. The molecule has 0 aliphatic carbocycles. The molecule has 9 heterocycles. The van der Waals surface area contributed by atoms with Crippen LogP contribution in [0.1, 0.15) is 62.5 Å². The number of urea groups is 1. The summed E-state index contributed by atoms with van der Waals surface area (Å²) in [5, 5.41) is 12.9. The van der Waals surface area contributed by atoms with Gasteiger partial charge in [-0.2, -0.15) is 15.1 Å². The van der Waals surface area contributed by atoms with Gasteiger partial charge in [0.15, 0.2) is 11.6 Å². The molecule has 6 aliphatic rings. The molecule has 4 amide bonds. The Kier molecular flexibility index (Phi) is 11.7. The molecule has 6 saturated heterocycles. The number of imide groups is 1. The molecule has 2 N–H and O–H groups in total. The van der Waals surface area contributed by atoms with Gasteiger partial charge in [-0.15, -0.1) is 6.42 Å². The molecule has 0 radical (unpaired) electrons. The summed E-state index contributed by atoms with van der Waals surface area (Å²) in [5.41, 5.74) is 2.69. The standard InChI is InChI=1S/C55H53F2N11O5/c1-4-39-43(56)15-11-35-6-5-7-41(46(35)39)48-47(57)49-42(26-58-48)50(66-28-36-12-13-37(29-66)59-36)62-52(61-49)73-31-55-20-16-38(68(55)27-32(2)25-55)30-72-54(71)65-21-17-33(18-22-65)8-9-34-10-14-40-44(24-34)64(3)63-51(40)67-23-19-45(69)60-53(67)70/h1,5-7,10-11,14-15,24,26,33,36-38,59H,2,12-13,16-23,25,27-31H2,3H3,(H,60,69,70)/t36?,37?,38-,55-/m0/s1. The summed E-state index contributed by atoms with van der Waals surface area (Å²) in [7, 11) is 1.81. The highest BCUT2D eigenvalue weighted by Gasteiger charge is 2.52. The fraction of sp³-hybridized carbons (Fsp3) is 0.400. The van der Waals surface area contributed by atoms with E-state index in [2.05, 4.69) is 54.9 Å². The second-order valence-electron chi connectivity index (χ2n) is 20.3. The number of ether oxygens (including phenoxy) is 2. The number of aryl methyl sites for hydroxylation is 1. The van der Waals surface area contributed by atoms with Crippen molar-refractivity contribution >= 4 is 62.2 Å². The van der Waals surface area contributed by atoms with Crippen molar-refractivity contribution in [1.82, 2.24) is 45.2 Å². The van der Waals surface area contributed by atoms with Crippen LogP contribution < -0.4 is 25.2 Å². The number of rotatable bonds is 8. The highest BCUT2D eigenvalue weighted by Crippen LogP contribution is 2.45. The normalized spacial score (nSPS) is 23.2. The number of pyridine rings is 1. The molecule has 3 aromatic heterocycles. The summed E-state index contributed by atoms with van der Waals surface area (Å²) >= 11 is 0. The molecule has 12 rings (SSSR count). The first-order chi connectivity index (χ1) is 35.4. The molecule has 4 atom stereocenters. The summed E-state index contributed by atoms with van der Waals surface area (Å²) in [6.45, 7) is 8.11. The number of halogens is 2. The summed E-state index contributed by atoms with van der Waals surface area (Å²) in [6, 6.07) is 14.0. The molecule has 3 aromatic carbocycles. The van der Waals surface area contributed by atoms with Crippen molar-refractivity contribution in [3.8, 4) is 41.5 Å². The van der Waals surface area contributed by atoms with Crippen molar-refractivity contribution < 1.29 is 32.6 Å². The third-order valence-electron chi connectivity index (χ3n) is 15.7. The third kappa shape index (κ3) is 8.42. The van der Waals surface area contributed by atoms with Gasteiger partial charge in [-0.1, -0.05) is 54.2 Å². The first-order valence-electron chi connectivity index (χ1n) is 25.0. The number of hydrogen-bond donors (Lipinski definition) is 2. The van der Waals surface area contributed by atoms with Crippen LogP contribution in [-0.4, -0.2) is 129 Å². The van der Waals surface area contributed by atoms with E-state index in [1.54, 1.807) is 40.0 Å². The number of anilines is 2. The van der Waals surface area contributed by atoms with Crippen LogP contribution in [0.4, 0.5) is 30.0 Å². The van der Waals surface area contributed by atoms with Gasteiger partial charge >= 0.3 is 18.1 Å². The minimum atomic E-state index is -0.680. The lowest BCUT2D eigenvalue weighted by atomic mass is 9.94. The first-order valence-corrected chi connectivity index (χ1v) is 25.0. The van der Waals surface area contributed by atoms with E-state index < -0.39 is 23.2 Å². The van der Waals surface area contributed by atoms with Crippen molar-refractivity contribution in [3.05, 3.63) is 89.6 Å². The van der Waals surface area contributed by atoms with Crippen molar-refractivity contribution in [2.45, 2.75) is 75.0 Å². The number of nitrogens with one attached hydrogen (secondary N) is 2. The van der Waals surface area contributed by atoms with Crippen LogP contribution in [0.25, 0.3) is 43.8 Å². The van der Waals surface area contributed by atoms with Crippen LogP contribution in [0.2, 0.25) is 0 Å². The molecule has 0 spiro atoms. The minimum Gasteiger partial charge on any atom is -0.461 e.